The average Bonchev–Trinajstić information content (AvgIpc) is 3.33. The Balaban J connectivity index is 1.84. The molecule has 0 spiro atoms. The van der Waals surface area contributed by atoms with Crippen LogP contribution in [-0.4, -0.2) is 54.2 Å². The molecule has 11 nitrogen and oxygen atoms in total. The molecule has 0 aliphatic heterocycles. The number of carbonyl (C=O) groups excluding carboxylic acids is 1. The Hall–Kier alpha value is -3.67. The van der Waals surface area contributed by atoms with Crippen LogP contribution in [0.4, 0.5) is 5.95 Å². The molecule has 31 heavy (non-hydrogen) atoms. The van der Waals surface area contributed by atoms with Gasteiger partial charge in [0, 0.05) is 23.4 Å². The smallest absolute Gasteiger partial charge is 0.326 e. The minimum atomic E-state index is -1.30. The summed E-state index contributed by atoms with van der Waals surface area (Å²) in [7, 11) is 0. The summed E-state index contributed by atoms with van der Waals surface area (Å²) >= 11 is 1.19. The number of carboxylic acid groups (broad SMARTS) is 2. The van der Waals surface area contributed by atoms with E-state index in [1.807, 2.05) is 6.92 Å². The number of aromatic amines is 1. The summed E-state index contributed by atoms with van der Waals surface area (Å²) in [5.74, 6) is -3.52. The number of anilines is 1. The van der Waals surface area contributed by atoms with Crippen LogP contribution < -0.4 is 11.1 Å². The fourth-order valence-corrected chi connectivity index (χ4v) is 4.43. The number of H-pyrrole nitrogens is 1. The lowest BCUT2D eigenvalue weighted by atomic mass is 9.95. The van der Waals surface area contributed by atoms with Gasteiger partial charge in [0.25, 0.3) is 5.91 Å². The molecule has 12 heteroatoms. The highest BCUT2D eigenvalue weighted by atomic mass is 32.1. The minimum absolute atomic E-state index is 0.0580. The summed E-state index contributed by atoms with van der Waals surface area (Å²) < 4.78 is 0. The summed E-state index contributed by atoms with van der Waals surface area (Å²) in [4.78, 5) is 46.5. The third-order valence-electron chi connectivity index (χ3n) is 4.79. The van der Waals surface area contributed by atoms with Crippen LogP contribution in [0.2, 0.25) is 0 Å². The van der Waals surface area contributed by atoms with Crippen molar-refractivity contribution in [2.75, 3.05) is 5.73 Å². The second-order valence-electron chi connectivity index (χ2n) is 6.83. The number of carboxylic acids is 2. The maximum absolute atomic E-state index is 12.5. The lowest BCUT2D eigenvalue weighted by Gasteiger charge is -2.13. The first-order valence-electron chi connectivity index (χ1n) is 9.39. The number of aliphatic carboxylic acids is 2. The first-order valence-corrected chi connectivity index (χ1v) is 10.2. The number of carbonyl (C=O) groups is 3. The highest BCUT2D eigenvalue weighted by Crippen LogP contribution is 2.38. The van der Waals surface area contributed by atoms with Gasteiger partial charge in [-0.1, -0.05) is 6.92 Å². The van der Waals surface area contributed by atoms with Crippen LogP contribution in [-0.2, 0) is 9.59 Å². The van der Waals surface area contributed by atoms with Gasteiger partial charge in [0.15, 0.2) is 0 Å². The average molecular weight is 447 g/mol. The first kappa shape index (κ1) is 22.0. The summed E-state index contributed by atoms with van der Waals surface area (Å²) in [5.41, 5.74) is 6.71. The second-order valence-corrected chi connectivity index (χ2v) is 7.95. The van der Waals surface area contributed by atoms with Crippen molar-refractivity contribution in [3.05, 3.63) is 33.6 Å². The van der Waals surface area contributed by atoms with Gasteiger partial charge in [-0.05, 0) is 30.5 Å². The van der Waals surface area contributed by atoms with Crippen molar-refractivity contribution >= 4 is 46.2 Å². The Kier molecular flexibility index (Phi) is 6.39. The van der Waals surface area contributed by atoms with E-state index in [9.17, 15) is 24.6 Å². The predicted octanol–water partition coefficient (Wildman–Crippen LogP) is 1.90. The molecule has 2 atom stereocenters. The van der Waals surface area contributed by atoms with Gasteiger partial charge in [-0.2, -0.15) is 9.97 Å². The minimum Gasteiger partial charge on any atom is -0.493 e. The quantitative estimate of drug-likeness (QED) is 0.284. The lowest BCUT2D eigenvalue weighted by molar-refractivity contribution is -0.140. The molecule has 0 bridgehead atoms. The number of nitrogens with zero attached hydrogens (tertiary/aromatic N) is 2. The molecule has 0 fully saturated rings. The normalized spacial score (nSPS) is 13.1. The SMILES string of the molecule is CCC(c1ccc(C(=O)N[C@@H](CCC(=O)O)C(=O)O)s1)c1c[nH]c2nc(N)nc(O)c12. The van der Waals surface area contributed by atoms with Gasteiger partial charge < -0.3 is 31.4 Å². The van der Waals surface area contributed by atoms with Gasteiger partial charge in [-0.15, -0.1) is 11.3 Å². The van der Waals surface area contributed by atoms with E-state index in [2.05, 4.69) is 20.3 Å². The number of aromatic hydroxyl groups is 1. The molecule has 0 aromatic carbocycles. The number of nitrogen functional groups attached to an aromatic ring is 1. The van der Waals surface area contributed by atoms with E-state index in [1.54, 1.807) is 18.3 Å². The van der Waals surface area contributed by atoms with Gasteiger partial charge >= 0.3 is 11.9 Å². The highest BCUT2D eigenvalue weighted by Gasteiger charge is 2.25. The molecule has 3 heterocycles. The van der Waals surface area contributed by atoms with E-state index in [-0.39, 0.29) is 30.6 Å². The Bertz CT molecular complexity index is 1140. The zero-order valence-electron chi connectivity index (χ0n) is 16.5. The topological polar surface area (TPSA) is 192 Å². The maximum Gasteiger partial charge on any atom is 0.326 e. The third-order valence-corrected chi connectivity index (χ3v) is 5.99. The maximum atomic E-state index is 12.5. The molecule has 164 valence electrons. The van der Waals surface area contributed by atoms with Gasteiger partial charge in [0.2, 0.25) is 11.8 Å². The van der Waals surface area contributed by atoms with Gasteiger partial charge in [0.05, 0.1) is 10.3 Å². The summed E-state index contributed by atoms with van der Waals surface area (Å²) in [6.07, 6.45) is 1.76. The van der Waals surface area contributed by atoms with E-state index in [4.69, 9.17) is 10.8 Å². The summed E-state index contributed by atoms with van der Waals surface area (Å²) in [5, 5.41) is 31.0. The molecule has 1 unspecified atom stereocenters. The van der Waals surface area contributed by atoms with Gasteiger partial charge in [-0.25, -0.2) is 4.79 Å². The van der Waals surface area contributed by atoms with Gasteiger partial charge in [0.1, 0.15) is 11.7 Å². The van der Waals surface area contributed by atoms with Crippen LogP contribution in [0, 0.1) is 0 Å². The molecule has 3 aromatic rings. The van der Waals surface area contributed by atoms with Crippen molar-refractivity contribution in [2.24, 2.45) is 0 Å². The van der Waals surface area contributed by atoms with Crippen molar-refractivity contribution in [2.45, 2.75) is 38.1 Å². The zero-order valence-corrected chi connectivity index (χ0v) is 17.3. The number of rotatable bonds is 9. The number of nitrogens with two attached hydrogens (primary N) is 1. The molecular weight excluding hydrogens is 426 g/mol. The molecule has 0 saturated heterocycles. The number of fused-ring (bicyclic) bond motifs is 1. The summed E-state index contributed by atoms with van der Waals surface area (Å²) in [6, 6.07) is 2.04. The zero-order chi connectivity index (χ0) is 22.7. The molecule has 0 aliphatic carbocycles. The summed E-state index contributed by atoms with van der Waals surface area (Å²) in [6.45, 7) is 1.95. The van der Waals surface area contributed by atoms with Crippen molar-refractivity contribution in [1.29, 1.82) is 0 Å². The van der Waals surface area contributed by atoms with Crippen LogP contribution in [0.15, 0.2) is 18.3 Å². The van der Waals surface area contributed by atoms with Crippen LogP contribution in [0.25, 0.3) is 11.0 Å². The van der Waals surface area contributed by atoms with Crippen LogP contribution >= 0.6 is 11.3 Å². The Labute approximate surface area is 180 Å². The standard InChI is InChI=1S/C19H21N5O6S/c1-2-8(9-7-21-15-14(9)17(28)24-19(20)23-15)11-4-5-12(31-11)16(27)22-10(18(29)30)3-6-13(25)26/h4-5,7-8,10H,2-3,6H2,1H3,(H,22,27)(H,25,26)(H,29,30)(H4,20,21,23,24,28)/t8?,10-/m0/s1. The third kappa shape index (κ3) is 4.74. The number of amides is 1. The van der Waals surface area contributed by atoms with Crippen LogP contribution in [0.3, 0.4) is 0 Å². The number of thiophene rings is 1. The molecule has 0 saturated carbocycles. The van der Waals surface area contributed by atoms with E-state index >= 15 is 0 Å². The number of hydrogen-bond donors (Lipinski definition) is 6. The van der Waals surface area contributed by atoms with Crippen LogP contribution in [0.5, 0.6) is 5.88 Å². The van der Waals surface area contributed by atoms with Crippen molar-refractivity contribution in [3.8, 4) is 5.88 Å². The molecular formula is C19H21N5O6S. The molecule has 0 radical (unpaired) electrons. The highest BCUT2D eigenvalue weighted by molar-refractivity contribution is 7.14. The fourth-order valence-electron chi connectivity index (χ4n) is 3.32. The number of hydrogen-bond acceptors (Lipinski definition) is 8. The second kappa shape index (κ2) is 9.00. The van der Waals surface area contributed by atoms with E-state index < -0.39 is 23.9 Å². The first-order chi connectivity index (χ1) is 14.7. The molecule has 3 aromatic heterocycles. The fraction of sp³-hybridized carbons (Fsp3) is 0.316. The Morgan fingerprint density at radius 1 is 1.26 bits per heavy atom. The molecule has 0 aliphatic rings. The van der Waals surface area contributed by atoms with E-state index in [0.29, 0.717) is 22.3 Å². The molecule has 1 amide bonds. The monoisotopic (exact) mass is 447 g/mol. The largest absolute Gasteiger partial charge is 0.493 e. The van der Waals surface area contributed by atoms with E-state index in [0.717, 1.165) is 10.4 Å². The predicted molar refractivity (Wildman–Crippen MR) is 112 cm³/mol. The number of aromatic nitrogens is 3. The van der Waals surface area contributed by atoms with Crippen molar-refractivity contribution < 1.29 is 29.7 Å². The van der Waals surface area contributed by atoms with Crippen molar-refractivity contribution in [3.63, 3.8) is 0 Å². The number of nitrogens with one attached hydrogen (secondary N) is 2. The molecule has 7 N–H and O–H groups in total. The lowest BCUT2D eigenvalue weighted by Crippen LogP contribution is -2.40. The Morgan fingerprint density at radius 3 is 2.65 bits per heavy atom. The Morgan fingerprint density at radius 2 is 2.00 bits per heavy atom. The van der Waals surface area contributed by atoms with Gasteiger partial charge in [-0.3, -0.25) is 9.59 Å². The van der Waals surface area contributed by atoms with Crippen LogP contribution in [0.1, 0.15) is 52.2 Å². The van der Waals surface area contributed by atoms with E-state index in [1.165, 1.54) is 11.3 Å². The molecule has 3 rings (SSSR count). The van der Waals surface area contributed by atoms with Crippen molar-refractivity contribution in [1.82, 2.24) is 20.3 Å².